The molecule has 0 bridgehead atoms. The van der Waals surface area contributed by atoms with Gasteiger partial charge in [0, 0.05) is 6.54 Å². The van der Waals surface area contributed by atoms with Crippen molar-refractivity contribution in [2.45, 2.75) is 19.3 Å². The molecule has 6 heteroatoms. The number of piperidine rings is 1. The molecule has 0 aromatic heterocycles. The molecule has 1 aliphatic heterocycles. The van der Waals surface area contributed by atoms with Crippen molar-refractivity contribution in [1.29, 1.82) is 0 Å². The van der Waals surface area contributed by atoms with Gasteiger partial charge in [0.25, 0.3) is 0 Å². The van der Waals surface area contributed by atoms with E-state index in [-0.39, 0.29) is 0 Å². The summed E-state index contributed by atoms with van der Waals surface area (Å²) in [7, 11) is 0. The van der Waals surface area contributed by atoms with Crippen LogP contribution in [0.2, 0.25) is 0 Å². The first-order valence-electron chi connectivity index (χ1n) is 9.45. The fourth-order valence-corrected chi connectivity index (χ4v) is 3.17. The average molecular weight is 385 g/mol. The van der Waals surface area contributed by atoms with Gasteiger partial charge in [0.15, 0.2) is 0 Å². The van der Waals surface area contributed by atoms with Crippen molar-refractivity contribution in [3.8, 4) is 5.75 Å². The van der Waals surface area contributed by atoms with Gasteiger partial charge in [0.05, 0.1) is 0 Å². The maximum atomic E-state index is 9.10. The zero-order chi connectivity index (χ0) is 20.2. The lowest BCUT2D eigenvalue weighted by molar-refractivity contribution is -0.159. The number of carboxylic acids is 2. The van der Waals surface area contributed by atoms with E-state index >= 15 is 0 Å². The molecular formula is C22H27NO5. The number of carbonyl (C=O) groups is 2. The van der Waals surface area contributed by atoms with Gasteiger partial charge in [0.1, 0.15) is 12.4 Å². The largest absolute Gasteiger partial charge is 0.492 e. The first kappa shape index (κ1) is 21.4. The van der Waals surface area contributed by atoms with Crippen LogP contribution in [0, 0.1) is 5.92 Å². The second-order valence-electron chi connectivity index (χ2n) is 6.75. The summed E-state index contributed by atoms with van der Waals surface area (Å²) in [4.78, 5) is 20.7. The summed E-state index contributed by atoms with van der Waals surface area (Å²) in [6.45, 7) is 4.23. The van der Waals surface area contributed by atoms with E-state index in [2.05, 4.69) is 35.2 Å². The maximum absolute atomic E-state index is 9.10. The van der Waals surface area contributed by atoms with Crippen LogP contribution in [0.5, 0.6) is 5.75 Å². The van der Waals surface area contributed by atoms with E-state index in [1.54, 1.807) is 0 Å². The number of ether oxygens (including phenoxy) is 1. The van der Waals surface area contributed by atoms with Crippen molar-refractivity contribution in [3.63, 3.8) is 0 Å². The number of carboxylic acid groups (broad SMARTS) is 2. The molecule has 2 aromatic carbocycles. The lowest BCUT2D eigenvalue weighted by Crippen LogP contribution is -2.36. The normalized spacial score (nSPS) is 14.6. The number of benzene rings is 2. The molecule has 0 radical (unpaired) electrons. The van der Waals surface area contributed by atoms with E-state index in [0.29, 0.717) is 0 Å². The first-order chi connectivity index (χ1) is 13.5. The zero-order valence-corrected chi connectivity index (χ0v) is 15.9. The number of nitrogens with zero attached hydrogens (tertiary/aromatic N) is 1. The smallest absolute Gasteiger partial charge is 0.414 e. The fourth-order valence-electron chi connectivity index (χ4n) is 3.17. The summed E-state index contributed by atoms with van der Waals surface area (Å²) in [5.41, 5.74) is 1.48. The van der Waals surface area contributed by atoms with E-state index < -0.39 is 11.9 Å². The Balaban J connectivity index is 0.000000409. The summed E-state index contributed by atoms with van der Waals surface area (Å²) < 4.78 is 5.79. The third kappa shape index (κ3) is 8.22. The number of hydrogen-bond donors (Lipinski definition) is 2. The van der Waals surface area contributed by atoms with E-state index in [4.69, 9.17) is 24.5 Å². The van der Waals surface area contributed by atoms with Crippen LogP contribution in [-0.4, -0.2) is 53.3 Å². The van der Waals surface area contributed by atoms with Crippen LogP contribution < -0.4 is 4.74 Å². The highest BCUT2D eigenvalue weighted by molar-refractivity contribution is 6.27. The van der Waals surface area contributed by atoms with Gasteiger partial charge in [-0.15, -0.1) is 0 Å². The Bertz CT molecular complexity index is 700. The Morgan fingerprint density at radius 1 is 0.893 bits per heavy atom. The minimum absolute atomic E-state index is 0.785. The standard InChI is InChI=1S/C20H25NO.C2H2O4/c1-3-7-18(8-4-1)17-19-11-13-21(14-12-19)15-16-22-20-9-5-2-6-10-20;3-1(4)2(5)6/h1-10,19H,11-17H2;(H,3,4)(H,5,6). The summed E-state index contributed by atoms with van der Waals surface area (Å²) in [5.74, 6) is -1.83. The predicted octanol–water partition coefficient (Wildman–Crippen LogP) is 3.18. The van der Waals surface area contributed by atoms with Crippen LogP contribution in [0.3, 0.4) is 0 Å². The number of rotatable bonds is 6. The second-order valence-corrected chi connectivity index (χ2v) is 6.75. The molecule has 28 heavy (non-hydrogen) atoms. The number of aliphatic carboxylic acids is 2. The van der Waals surface area contributed by atoms with Gasteiger partial charge in [-0.3, -0.25) is 4.90 Å². The van der Waals surface area contributed by atoms with Gasteiger partial charge in [-0.25, -0.2) is 9.59 Å². The molecule has 0 atom stereocenters. The van der Waals surface area contributed by atoms with Crippen molar-refractivity contribution in [1.82, 2.24) is 4.90 Å². The SMILES string of the molecule is O=C(O)C(=O)O.c1ccc(CC2CCN(CCOc3ccccc3)CC2)cc1. The van der Waals surface area contributed by atoms with Crippen molar-refractivity contribution in [2.24, 2.45) is 5.92 Å². The summed E-state index contributed by atoms with van der Waals surface area (Å²) in [6.07, 6.45) is 3.84. The minimum atomic E-state index is -1.82. The van der Waals surface area contributed by atoms with Gasteiger partial charge in [-0.1, -0.05) is 48.5 Å². The molecule has 2 aromatic rings. The van der Waals surface area contributed by atoms with Crippen molar-refractivity contribution in [3.05, 3.63) is 66.2 Å². The first-order valence-corrected chi connectivity index (χ1v) is 9.45. The molecule has 0 amide bonds. The molecule has 1 aliphatic rings. The lowest BCUT2D eigenvalue weighted by atomic mass is 9.90. The molecule has 150 valence electrons. The van der Waals surface area contributed by atoms with E-state index in [1.807, 2.05) is 30.3 Å². The quantitative estimate of drug-likeness (QED) is 0.743. The van der Waals surface area contributed by atoms with Crippen LogP contribution in [0.4, 0.5) is 0 Å². The Morgan fingerprint density at radius 3 is 1.96 bits per heavy atom. The monoisotopic (exact) mass is 385 g/mol. The number of para-hydroxylation sites is 1. The van der Waals surface area contributed by atoms with Gasteiger partial charge in [-0.2, -0.15) is 0 Å². The van der Waals surface area contributed by atoms with Crippen LogP contribution >= 0.6 is 0 Å². The summed E-state index contributed by atoms with van der Waals surface area (Å²) in [6, 6.07) is 21.0. The van der Waals surface area contributed by atoms with E-state index in [9.17, 15) is 0 Å². The molecule has 0 spiro atoms. The Morgan fingerprint density at radius 2 is 1.43 bits per heavy atom. The Kier molecular flexibility index (Phi) is 9.01. The molecule has 2 N–H and O–H groups in total. The lowest BCUT2D eigenvalue weighted by Gasteiger charge is -2.31. The number of hydrogen-bond acceptors (Lipinski definition) is 4. The minimum Gasteiger partial charge on any atom is -0.492 e. The van der Waals surface area contributed by atoms with Crippen LogP contribution in [0.15, 0.2) is 60.7 Å². The van der Waals surface area contributed by atoms with E-state index in [0.717, 1.165) is 24.8 Å². The molecular weight excluding hydrogens is 358 g/mol. The van der Waals surface area contributed by atoms with Gasteiger partial charge in [0.2, 0.25) is 0 Å². The van der Waals surface area contributed by atoms with Gasteiger partial charge in [-0.05, 0) is 56.0 Å². The molecule has 1 fully saturated rings. The van der Waals surface area contributed by atoms with Gasteiger partial charge < -0.3 is 14.9 Å². The molecule has 1 heterocycles. The topological polar surface area (TPSA) is 87.1 Å². The van der Waals surface area contributed by atoms with E-state index in [1.165, 1.54) is 37.9 Å². The molecule has 0 unspecified atom stereocenters. The molecule has 1 saturated heterocycles. The summed E-state index contributed by atoms with van der Waals surface area (Å²) in [5, 5.41) is 14.8. The fraction of sp³-hybridized carbons (Fsp3) is 0.364. The van der Waals surface area contributed by atoms with Crippen LogP contribution in [-0.2, 0) is 16.0 Å². The van der Waals surface area contributed by atoms with Crippen molar-refractivity contribution in [2.75, 3.05) is 26.2 Å². The second kappa shape index (κ2) is 11.8. The molecule has 0 saturated carbocycles. The highest BCUT2D eigenvalue weighted by Crippen LogP contribution is 2.21. The molecule has 3 rings (SSSR count). The molecule has 0 aliphatic carbocycles. The zero-order valence-electron chi connectivity index (χ0n) is 15.9. The number of likely N-dealkylation sites (tertiary alicyclic amines) is 1. The Hall–Kier alpha value is -2.86. The highest BCUT2D eigenvalue weighted by atomic mass is 16.5. The Labute approximate surface area is 165 Å². The van der Waals surface area contributed by atoms with Crippen molar-refractivity contribution >= 4 is 11.9 Å². The van der Waals surface area contributed by atoms with Gasteiger partial charge >= 0.3 is 11.9 Å². The third-order valence-electron chi connectivity index (χ3n) is 4.68. The predicted molar refractivity (Wildman–Crippen MR) is 107 cm³/mol. The summed E-state index contributed by atoms with van der Waals surface area (Å²) >= 11 is 0. The van der Waals surface area contributed by atoms with Crippen LogP contribution in [0.1, 0.15) is 18.4 Å². The molecule has 6 nitrogen and oxygen atoms in total. The van der Waals surface area contributed by atoms with Crippen molar-refractivity contribution < 1.29 is 24.5 Å². The maximum Gasteiger partial charge on any atom is 0.414 e. The van der Waals surface area contributed by atoms with Crippen LogP contribution in [0.25, 0.3) is 0 Å². The highest BCUT2D eigenvalue weighted by Gasteiger charge is 2.19. The third-order valence-corrected chi connectivity index (χ3v) is 4.68. The average Bonchev–Trinajstić information content (AvgIpc) is 2.71.